The SMILES string of the molecule is CC(C)NC(CO)CCN(C)CCC(F)(F)F. The Morgan fingerprint density at radius 1 is 1.24 bits per heavy atom. The average Bonchev–Trinajstić information content (AvgIpc) is 2.19. The minimum absolute atomic E-state index is 0.00330. The van der Waals surface area contributed by atoms with Crippen molar-refractivity contribution in [1.29, 1.82) is 0 Å². The maximum absolute atomic E-state index is 12.0. The fourth-order valence-electron chi connectivity index (χ4n) is 1.50. The van der Waals surface area contributed by atoms with Gasteiger partial charge in [0, 0.05) is 18.6 Å². The molecule has 104 valence electrons. The van der Waals surface area contributed by atoms with Crippen LogP contribution in [0.3, 0.4) is 0 Å². The van der Waals surface area contributed by atoms with E-state index in [0.717, 1.165) is 0 Å². The maximum Gasteiger partial charge on any atom is 0.390 e. The smallest absolute Gasteiger partial charge is 0.390 e. The fraction of sp³-hybridized carbons (Fsp3) is 1.00. The van der Waals surface area contributed by atoms with E-state index in [1.54, 1.807) is 11.9 Å². The fourth-order valence-corrected chi connectivity index (χ4v) is 1.50. The van der Waals surface area contributed by atoms with Crippen molar-refractivity contribution in [3.63, 3.8) is 0 Å². The van der Waals surface area contributed by atoms with Gasteiger partial charge in [0.15, 0.2) is 0 Å². The molecular formula is C11H23F3N2O. The molecule has 3 nitrogen and oxygen atoms in total. The highest BCUT2D eigenvalue weighted by Gasteiger charge is 2.27. The normalized spacial score (nSPS) is 14.6. The van der Waals surface area contributed by atoms with Gasteiger partial charge in [-0.2, -0.15) is 13.2 Å². The summed E-state index contributed by atoms with van der Waals surface area (Å²) >= 11 is 0. The minimum atomic E-state index is -4.10. The zero-order valence-electron chi connectivity index (χ0n) is 10.7. The van der Waals surface area contributed by atoms with E-state index in [2.05, 4.69) is 5.32 Å². The van der Waals surface area contributed by atoms with Crippen LogP contribution in [0.25, 0.3) is 0 Å². The van der Waals surface area contributed by atoms with Crippen LogP contribution in [-0.4, -0.2) is 55.0 Å². The van der Waals surface area contributed by atoms with E-state index in [1.807, 2.05) is 13.8 Å². The average molecular weight is 256 g/mol. The molecule has 0 rings (SSSR count). The van der Waals surface area contributed by atoms with E-state index in [9.17, 15) is 13.2 Å². The van der Waals surface area contributed by atoms with Crippen molar-refractivity contribution in [1.82, 2.24) is 10.2 Å². The van der Waals surface area contributed by atoms with E-state index in [1.165, 1.54) is 0 Å². The van der Waals surface area contributed by atoms with Crippen molar-refractivity contribution < 1.29 is 18.3 Å². The Labute approximate surface area is 101 Å². The molecule has 0 aromatic rings. The Hall–Kier alpha value is -0.330. The molecular weight excluding hydrogens is 233 g/mol. The number of nitrogens with zero attached hydrogens (tertiary/aromatic N) is 1. The van der Waals surface area contributed by atoms with Crippen molar-refractivity contribution >= 4 is 0 Å². The highest BCUT2D eigenvalue weighted by molar-refractivity contribution is 4.70. The zero-order chi connectivity index (χ0) is 13.5. The standard InChI is InChI=1S/C11H23F3N2O/c1-9(2)15-10(8-17)4-6-16(3)7-5-11(12,13)14/h9-10,15,17H,4-8H2,1-3H3. The van der Waals surface area contributed by atoms with Gasteiger partial charge in [-0.3, -0.25) is 0 Å². The Morgan fingerprint density at radius 3 is 2.24 bits per heavy atom. The Kier molecular flexibility index (Phi) is 7.74. The number of hydrogen-bond donors (Lipinski definition) is 2. The molecule has 0 saturated heterocycles. The first-order valence-corrected chi connectivity index (χ1v) is 5.86. The van der Waals surface area contributed by atoms with E-state index < -0.39 is 12.6 Å². The second kappa shape index (κ2) is 7.89. The summed E-state index contributed by atoms with van der Waals surface area (Å²) in [5, 5.41) is 12.2. The molecule has 0 aromatic heterocycles. The van der Waals surface area contributed by atoms with Crippen LogP contribution >= 0.6 is 0 Å². The number of hydrogen-bond acceptors (Lipinski definition) is 3. The van der Waals surface area contributed by atoms with Crippen LogP contribution in [0.4, 0.5) is 13.2 Å². The number of alkyl halides is 3. The van der Waals surface area contributed by atoms with Crippen LogP contribution in [-0.2, 0) is 0 Å². The zero-order valence-corrected chi connectivity index (χ0v) is 10.7. The molecule has 6 heteroatoms. The number of rotatable bonds is 8. The molecule has 0 radical (unpaired) electrons. The molecule has 0 heterocycles. The lowest BCUT2D eigenvalue weighted by Gasteiger charge is -2.23. The van der Waals surface area contributed by atoms with Gasteiger partial charge in [0.2, 0.25) is 0 Å². The molecule has 0 fully saturated rings. The molecule has 2 N–H and O–H groups in total. The third-order valence-electron chi connectivity index (χ3n) is 2.43. The van der Waals surface area contributed by atoms with Gasteiger partial charge in [-0.15, -0.1) is 0 Å². The van der Waals surface area contributed by atoms with Gasteiger partial charge in [-0.25, -0.2) is 0 Å². The Bertz CT molecular complexity index is 198. The van der Waals surface area contributed by atoms with Crippen LogP contribution in [0.15, 0.2) is 0 Å². The van der Waals surface area contributed by atoms with Gasteiger partial charge in [0.1, 0.15) is 0 Å². The van der Waals surface area contributed by atoms with E-state index in [4.69, 9.17) is 5.11 Å². The van der Waals surface area contributed by atoms with Crippen molar-refractivity contribution in [2.45, 2.75) is 44.9 Å². The maximum atomic E-state index is 12.0. The van der Waals surface area contributed by atoms with E-state index in [-0.39, 0.29) is 25.2 Å². The van der Waals surface area contributed by atoms with Crippen LogP contribution in [0.1, 0.15) is 26.7 Å². The van der Waals surface area contributed by atoms with Crippen molar-refractivity contribution in [3.05, 3.63) is 0 Å². The lowest BCUT2D eigenvalue weighted by Crippen LogP contribution is -2.40. The van der Waals surface area contributed by atoms with Gasteiger partial charge in [-0.1, -0.05) is 13.8 Å². The monoisotopic (exact) mass is 256 g/mol. The first kappa shape index (κ1) is 16.7. The van der Waals surface area contributed by atoms with Gasteiger partial charge in [0.25, 0.3) is 0 Å². The first-order chi connectivity index (χ1) is 7.74. The number of aliphatic hydroxyl groups is 1. The third kappa shape index (κ3) is 10.5. The molecule has 0 bridgehead atoms. The van der Waals surface area contributed by atoms with Gasteiger partial charge < -0.3 is 15.3 Å². The van der Waals surface area contributed by atoms with Crippen molar-refractivity contribution in [2.75, 3.05) is 26.7 Å². The summed E-state index contributed by atoms with van der Waals surface area (Å²) in [4.78, 5) is 1.64. The predicted octanol–water partition coefficient (Wildman–Crippen LogP) is 1.62. The summed E-state index contributed by atoms with van der Waals surface area (Å²) in [5.74, 6) is 0. The Morgan fingerprint density at radius 2 is 1.82 bits per heavy atom. The lowest BCUT2D eigenvalue weighted by molar-refractivity contribution is -0.137. The van der Waals surface area contributed by atoms with Crippen LogP contribution in [0.5, 0.6) is 0 Å². The first-order valence-electron chi connectivity index (χ1n) is 5.86. The summed E-state index contributed by atoms with van der Waals surface area (Å²) in [6, 6.07) is 0.205. The summed E-state index contributed by atoms with van der Waals surface area (Å²) in [6.07, 6.45) is -4.24. The van der Waals surface area contributed by atoms with E-state index in [0.29, 0.717) is 13.0 Å². The highest BCUT2D eigenvalue weighted by atomic mass is 19.4. The van der Waals surface area contributed by atoms with Crippen molar-refractivity contribution in [2.24, 2.45) is 0 Å². The molecule has 0 aliphatic rings. The largest absolute Gasteiger partial charge is 0.395 e. The Balaban J connectivity index is 3.77. The summed E-state index contributed by atoms with van der Waals surface area (Å²) in [6.45, 7) is 4.49. The van der Waals surface area contributed by atoms with Crippen LogP contribution in [0.2, 0.25) is 0 Å². The van der Waals surface area contributed by atoms with E-state index >= 15 is 0 Å². The quantitative estimate of drug-likeness (QED) is 0.692. The van der Waals surface area contributed by atoms with Crippen molar-refractivity contribution in [3.8, 4) is 0 Å². The molecule has 0 amide bonds. The molecule has 0 saturated carbocycles. The van der Waals surface area contributed by atoms with Crippen LogP contribution in [0, 0.1) is 0 Å². The topological polar surface area (TPSA) is 35.5 Å². The van der Waals surface area contributed by atoms with Gasteiger partial charge >= 0.3 is 6.18 Å². The molecule has 1 atom stereocenters. The minimum Gasteiger partial charge on any atom is -0.395 e. The molecule has 0 spiro atoms. The molecule has 0 aliphatic heterocycles. The molecule has 1 unspecified atom stereocenters. The molecule has 0 aliphatic carbocycles. The van der Waals surface area contributed by atoms with Gasteiger partial charge in [-0.05, 0) is 20.0 Å². The summed E-state index contributed by atoms with van der Waals surface area (Å²) in [7, 11) is 1.66. The number of halogens is 3. The number of aliphatic hydroxyl groups excluding tert-OH is 1. The van der Waals surface area contributed by atoms with Crippen LogP contribution < -0.4 is 5.32 Å². The highest BCUT2D eigenvalue weighted by Crippen LogP contribution is 2.19. The molecule has 0 aromatic carbocycles. The van der Waals surface area contributed by atoms with Gasteiger partial charge in [0.05, 0.1) is 13.0 Å². The lowest BCUT2D eigenvalue weighted by atomic mass is 10.2. The number of nitrogens with one attached hydrogen (secondary N) is 1. The molecule has 17 heavy (non-hydrogen) atoms. The third-order valence-corrected chi connectivity index (χ3v) is 2.43. The summed E-state index contributed by atoms with van der Waals surface area (Å²) < 4.78 is 35.9. The summed E-state index contributed by atoms with van der Waals surface area (Å²) in [5.41, 5.74) is 0. The second-order valence-electron chi connectivity index (χ2n) is 4.66. The predicted molar refractivity (Wildman–Crippen MR) is 61.9 cm³/mol. The second-order valence-corrected chi connectivity index (χ2v) is 4.66.